The number of nitrogens with one attached hydrogen (secondary N) is 2. The lowest BCUT2D eigenvalue weighted by Gasteiger charge is -2.11. The van der Waals surface area contributed by atoms with E-state index in [0.717, 1.165) is 12.8 Å². The number of hydrogen-bond donors (Lipinski definition) is 3. The lowest BCUT2D eigenvalue weighted by molar-refractivity contribution is -0.120. The molecule has 1 atom stereocenters. The van der Waals surface area contributed by atoms with Gasteiger partial charge in [0, 0.05) is 12.1 Å². The third-order valence-electron chi connectivity index (χ3n) is 2.93. The summed E-state index contributed by atoms with van der Waals surface area (Å²) < 4.78 is 0. The first kappa shape index (κ1) is 15.2. The number of benzene rings is 1. The molecular formula is C14H21N3O2. The number of carbonyl (C=O) groups excluding carboxylic acids is 2. The minimum atomic E-state index is -0.337. The van der Waals surface area contributed by atoms with Gasteiger partial charge in [0.05, 0.1) is 6.04 Å². The molecule has 104 valence electrons. The lowest BCUT2D eigenvalue weighted by atomic mass is 10.1. The van der Waals surface area contributed by atoms with Gasteiger partial charge in [-0.1, -0.05) is 18.2 Å². The molecule has 0 aromatic heterocycles. The number of nitrogens with two attached hydrogens (primary N) is 1. The highest BCUT2D eigenvalue weighted by atomic mass is 16.2. The molecule has 0 saturated heterocycles. The number of unbranched alkanes of at least 4 members (excludes halogenated alkanes) is 1. The van der Waals surface area contributed by atoms with Gasteiger partial charge in [-0.3, -0.25) is 9.59 Å². The standard InChI is InChI=1S/C14H21N3O2/c1-16-12(13(15)18)9-5-6-10-17-14(19)11-7-3-2-4-8-11/h2-4,7-8,12,16H,5-6,9-10H2,1H3,(H2,15,18)(H,17,19)/t12-/m0/s1. The van der Waals surface area contributed by atoms with Crippen LogP contribution in [0.2, 0.25) is 0 Å². The Balaban J connectivity index is 2.18. The molecule has 1 rings (SSSR count). The van der Waals surface area contributed by atoms with Crippen molar-refractivity contribution in [2.45, 2.75) is 25.3 Å². The van der Waals surface area contributed by atoms with Gasteiger partial charge in [0.15, 0.2) is 0 Å². The smallest absolute Gasteiger partial charge is 0.251 e. The van der Waals surface area contributed by atoms with E-state index in [0.29, 0.717) is 18.5 Å². The van der Waals surface area contributed by atoms with E-state index >= 15 is 0 Å². The highest BCUT2D eigenvalue weighted by Crippen LogP contribution is 2.01. The first-order valence-electron chi connectivity index (χ1n) is 6.45. The molecule has 0 radical (unpaired) electrons. The molecule has 0 aliphatic carbocycles. The molecule has 0 aliphatic rings. The van der Waals surface area contributed by atoms with Crippen molar-refractivity contribution in [2.24, 2.45) is 5.73 Å². The lowest BCUT2D eigenvalue weighted by Crippen LogP contribution is -2.39. The van der Waals surface area contributed by atoms with Crippen molar-refractivity contribution in [1.29, 1.82) is 0 Å². The maximum atomic E-state index is 11.7. The van der Waals surface area contributed by atoms with E-state index in [1.165, 1.54) is 0 Å². The fourth-order valence-corrected chi connectivity index (χ4v) is 1.80. The van der Waals surface area contributed by atoms with Crippen LogP contribution in [0.4, 0.5) is 0 Å². The molecule has 19 heavy (non-hydrogen) atoms. The second kappa shape index (κ2) is 8.26. The zero-order chi connectivity index (χ0) is 14.1. The second-order valence-corrected chi connectivity index (χ2v) is 4.36. The molecule has 0 saturated carbocycles. The van der Waals surface area contributed by atoms with Crippen LogP contribution < -0.4 is 16.4 Å². The summed E-state index contributed by atoms with van der Waals surface area (Å²) in [6.07, 6.45) is 2.35. The van der Waals surface area contributed by atoms with Gasteiger partial charge in [-0.25, -0.2) is 0 Å². The number of primary amides is 1. The van der Waals surface area contributed by atoms with Crippen molar-refractivity contribution in [3.8, 4) is 0 Å². The Morgan fingerprint density at radius 3 is 2.47 bits per heavy atom. The summed E-state index contributed by atoms with van der Waals surface area (Å²) in [7, 11) is 1.71. The second-order valence-electron chi connectivity index (χ2n) is 4.36. The Morgan fingerprint density at radius 1 is 1.21 bits per heavy atom. The van der Waals surface area contributed by atoms with Crippen LogP contribution in [0.25, 0.3) is 0 Å². The Kier molecular flexibility index (Phi) is 6.60. The molecule has 1 aromatic rings. The van der Waals surface area contributed by atoms with E-state index in [1.807, 2.05) is 18.2 Å². The van der Waals surface area contributed by atoms with Crippen LogP contribution in [0.3, 0.4) is 0 Å². The zero-order valence-corrected chi connectivity index (χ0v) is 11.2. The van der Waals surface area contributed by atoms with Gasteiger partial charge in [-0.05, 0) is 38.4 Å². The monoisotopic (exact) mass is 263 g/mol. The molecule has 5 nitrogen and oxygen atoms in total. The summed E-state index contributed by atoms with van der Waals surface area (Å²) in [5.74, 6) is -0.406. The van der Waals surface area contributed by atoms with Gasteiger partial charge in [0.25, 0.3) is 5.91 Å². The molecule has 5 heteroatoms. The van der Waals surface area contributed by atoms with Crippen LogP contribution in [-0.2, 0) is 4.79 Å². The Hall–Kier alpha value is -1.88. The van der Waals surface area contributed by atoms with Gasteiger partial charge >= 0.3 is 0 Å². The van der Waals surface area contributed by atoms with Crippen LogP contribution in [0.15, 0.2) is 30.3 Å². The number of hydrogen-bond acceptors (Lipinski definition) is 3. The van der Waals surface area contributed by atoms with Gasteiger partial charge in [-0.15, -0.1) is 0 Å². The highest BCUT2D eigenvalue weighted by molar-refractivity contribution is 5.94. The average Bonchev–Trinajstić information content (AvgIpc) is 2.43. The largest absolute Gasteiger partial charge is 0.368 e. The van der Waals surface area contributed by atoms with Crippen LogP contribution >= 0.6 is 0 Å². The average molecular weight is 263 g/mol. The van der Waals surface area contributed by atoms with Crippen LogP contribution in [0.1, 0.15) is 29.6 Å². The summed E-state index contributed by atoms with van der Waals surface area (Å²) in [5.41, 5.74) is 5.87. The van der Waals surface area contributed by atoms with E-state index < -0.39 is 0 Å². The Labute approximate surface area is 113 Å². The van der Waals surface area contributed by atoms with Crippen molar-refractivity contribution in [3.05, 3.63) is 35.9 Å². The minimum Gasteiger partial charge on any atom is -0.368 e. The molecule has 0 heterocycles. The maximum absolute atomic E-state index is 11.7. The van der Waals surface area contributed by atoms with Crippen molar-refractivity contribution >= 4 is 11.8 Å². The van der Waals surface area contributed by atoms with Crippen LogP contribution in [-0.4, -0.2) is 31.4 Å². The van der Waals surface area contributed by atoms with Gasteiger partial charge in [0.2, 0.25) is 5.91 Å². The summed E-state index contributed by atoms with van der Waals surface area (Å²) in [4.78, 5) is 22.7. The molecule has 0 unspecified atom stereocenters. The molecule has 0 fully saturated rings. The maximum Gasteiger partial charge on any atom is 0.251 e. The molecule has 0 spiro atoms. The number of amides is 2. The Morgan fingerprint density at radius 2 is 1.89 bits per heavy atom. The van der Waals surface area contributed by atoms with Crippen molar-refractivity contribution in [3.63, 3.8) is 0 Å². The first-order valence-corrected chi connectivity index (χ1v) is 6.45. The highest BCUT2D eigenvalue weighted by Gasteiger charge is 2.11. The van der Waals surface area contributed by atoms with E-state index in [1.54, 1.807) is 19.2 Å². The van der Waals surface area contributed by atoms with Crippen molar-refractivity contribution < 1.29 is 9.59 Å². The predicted molar refractivity (Wildman–Crippen MR) is 74.7 cm³/mol. The van der Waals surface area contributed by atoms with Crippen LogP contribution in [0.5, 0.6) is 0 Å². The summed E-state index contributed by atoms with van der Waals surface area (Å²) in [5, 5.41) is 5.71. The zero-order valence-electron chi connectivity index (χ0n) is 11.2. The Bertz CT molecular complexity index is 406. The predicted octanol–water partition coefficient (Wildman–Crippen LogP) is 0.660. The quantitative estimate of drug-likeness (QED) is 0.602. The summed E-state index contributed by atoms with van der Waals surface area (Å²) in [6, 6.07) is 8.81. The number of rotatable bonds is 8. The van der Waals surface area contributed by atoms with Gasteiger partial charge in [-0.2, -0.15) is 0 Å². The first-order chi connectivity index (χ1) is 9.15. The van der Waals surface area contributed by atoms with Gasteiger partial charge in [0.1, 0.15) is 0 Å². The fraction of sp³-hybridized carbons (Fsp3) is 0.429. The van der Waals surface area contributed by atoms with E-state index in [9.17, 15) is 9.59 Å². The molecule has 1 aromatic carbocycles. The SMILES string of the molecule is CN[C@@H](CCCCNC(=O)c1ccccc1)C(N)=O. The molecule has 0 bridgehead atoms. The number of carbonyl (C=O) groups is 2. The minimum absolute atomic E-state index is 0.0688. The molecule has 0 aliphatic heterocycles. The van der Waals surface area contributed by atoms with Crippen LogP contribution in [0, 0.1) is 0 Å². The van der Waals surface area contributed by atoms with E-state index in [-0.39, 0.29) is 17.9 Å². The molecule has 2 amide bonds. The molecular weight excluding hydrogens is 242 g/mol. The third-order valence-corrected chi connectivity index (χ3v) is 2.93. The van der Waals surface area contributed by atoms with Gasteiger partial charge < -0.3 is 16.4 Å². The van der Waals surface area contributed by atoms with E-state index in [4.69, 9.17) is 5.73 Å². The van der Waals surface area contributed by atoms with E-state index in [2.05, 4.69) is 10.6 Å². The van der Waals surface area contributed by atoms with Crippen molar-refractivity contribution in [1.82, 2.24) is 10.6 Å². The third kappa shape index (κ3) is 5.52. The summed E-state index contributed by atoms with van der Waals surface area (Å²) in [6.45, 7) is 0.600. The number of likely N-dealkylation sites (N-methyl/N-ethyl adjacent to an activating group) is 1. The molecule has 4 N–H and O–H groups in total. The topological polar surface area (TPSA) is 84.2 Å². The summed E-state index contributed by atoms with van der Waals surface area (Å²) >= 11 is 0. The van der Waals surface area contributed by atoms with Crippen molar-refractivity contribution in [2.75, 3.05) is 13.6 Å². The normalized spacial score (nSPS) is 11.8. The fourth-order valence-electron chi connectivity index (χ4n) is 1.80.